The highest BCUT2D eigenvalue weighted by Crippen LogP contribution is 2.32. The van der Waals surface area contributed by atoms with Gasteiger partial charge in [-0.25, -0.2) is 0 Å². The SMILES string of the molecule is O=C(CCCc1nc(-c2ccc(Cl)cc2)no1)NC1CCc2cc(Cl)ccc21. The van der Waals surface area contributed by atoms with E-state index in [1.54, 1.807) is 12.1 Å². The summed E-state index contributed by atoms with van der Waals surface area (Å²) in [5.41, 5.74) is 3.23. The first-order valence-electron chi connectivity index (χ1n) is 9.25. The van der Waals surface area contributed by atoms with Crippen LogP contribution in [0.15, 0.2) is 47.0 Å². The maximum absolute atomic E-state index is 12.3. The zero-order valence-corrected chi connectivity index (χ0v) is 16.6. The molecule has 3 aromatic rings. The Morgan fingerprint density at radius 1 is 1.14 bits per heavy atom. The van der Waals surface area contributed by atoms with Crippen molar-refractivity contribution < 1.29 is 9.32 Å². The van der Waals surface area contributed by atoms with E-state index in [0.29, 0.717) is 36.0 Å². The summed E-state index contributed by atoms with van der Waals surface area (Å²) in [7, 11) is 0. The van der Waals surface area contributed by atoms with E-state index in [2.05, 4.69) is 15.5 Å². The van der Waals surface area contributed by atoms with E-state index in [4.69, 9.17) is 27.7 Å². The Labute approximate surface area is 173 Å². The second kappa shape index (κ2) is 8.33. The van der Waals surface area contributed by atoms with Crippen molar-refractivity contribution in [3.63, 3.8) is 0 Å². The van der Waals surface area contributed by atoms with E-state index in [0.717, 1.165) is 23.4 Å². The molecule has 1 amide bonds. The Morgan fingerprint density at radius 2 is 1.93 bits per heavy atom. The van der Waals surface area contributed by atoms with E-state index < -0.39 is 0 Å². The van der Waals surface area contributed by atoms with Gasteiger partial charge in [-0.15, -0.1) is 0 Å². The van der Waals surface area contributed by atoms with E-state index >= 15 is 0 Å². The van der Waals surface area contributed by atoms with Gasteiger partial charge in [-0.2, -0.15) is 4.98 Å². The second-order valence-corrected chi connectivity index (χ2v) is 7.75. The van der Waals surface area contributed by atoms with Crippen LogP contribution in [0.3, 0.4) is 0 Å². The van der Waals surface area contributed by atoms with Gasteiger partial charge in [0.15, 0.2) is 0 Å². The molecule has 0 radical (unpaired) electrons. The lowest BCUT2D eigenvalue weighted by Gasteiger charge is -2.14. The summed E-state index contributed by atoms with van der Waals surface area (Å²) in [5.74, 6) is 1.08. The largest absolute Gasteiger partial charge is 0.349 e. The van der Waals surface area contributed by atoms with E-state index in [1.807, 2.05) is 30.3 Å². The number of aromatic nitrogens is 2. The van der Waals surface area contributed by atoms with Crippen LogP contribution in [0, 0.1) is 0 Å². The van der Waals surface area contributed by atoms with Crippen molar-refractivity contribution >= 4 is 29.1 Å². The third-order valence-corrected chi connectivity index (χ3v) is 5.37. The number of aryl methyl sites for hydroxylation is 2. The molecular weight excluding hydrogens is 397 g/mol. The number of halogens is 2. The van der Waals surface area contributed by atoms with Gasteiger partial charge in [0.25, 0.3) is 0 Å². The molecule has 0 bridgehead atoms. The van der Waals surface area contributed by atoms with Gasteiger partial charge in [-0.05, 0) is 66.8 Å². The minimum atomic E-state index is 0.0326. The number of nitrogens with zero attached hydrogens (tertiary/aromatic N) is 2. The molecule has 1 aliphatic carbocycles. The van der Waals surface area contributed by atoms with Gasteiger partial charge in [-0.1, -0.05) is 34.4 Å². The summed E-state index contributed by atoms with van der Waals surface area (Å²) in [6.07, 6.45) is 3.48. The van der Waals surface area contributed by atoms with Gasteiger partial charge in [0, 0.05) is 28.5 Å². The van der Waals surface area contributed by atoms with Crippen molar-refractivity contribution in [1.82, 2.24) is 15.5 Å². The monoisotopic (exact) mass is 415 g/mol. The van der Waals surface area contributed by atoms with Gasteiger partial charge in [0.2, 0.25) is 17.6 Å². The number of hydrogen-bond acceptors (Lipinski definition) is 4. The molecule has 0 fully saturated rings. The molecule has 1 N–H and O–H groups in total. The molecule has 1 heterocycles. The maximum Gasteiger partial charge on any atom is 0.226 e. The lowest BCUT2D eigenvalue weighted by Crippen LogP contribution is -2.26. The zero-order chi connectivity index (χ0) is 19.5. The van der Waals surface area contributed by atoms with Crippen LogP contribution in [0.2, 0.25) is 10.0 Å². The van der Waals surface area contributed by atoms with Gasteiger partial charge in [0.1, 0.15) is 0 Å². The molecule has 0 aliphatic heterocycles. The van der Waals surface area contributed by atoms with Crippen LogP contribution in [0.25, 0.3) is 11.4 Å². The third kappa shape index (κ3) is 4.37. The minimum absolute atomic E-state index is 0.0326. The van der Waals surface area contributed by atoms with E-state index in [1.165, 1.54) is 11.1 Å². The van der Waals surface area contributed by atoms with Gasteiger partial charge < -0.3 is 9.84 Å². The molecule has 7 heteroatoms. The van der Waals surface area contributed by atoms with Gasteiger partial charge >= 0.3 is 0 Å². The number of nitrogens with one attached hydrogen (secondary N) is 1. The molecule has 0 saturated carbocycles. The Bertz CT molecular complexity index is 986. The molecule has 0 spiro atoms. The Hall–Kier alpha value is -2.37. The maximum atomic E-state index is 12.3. The summed E-state index contributed by atoms with van der Waals surface area (Å²) in [4.78, 5) is 16.7. The van der Waals surface area contributed by atoms with Crippen LogP contribution in [-0.4, -0.2) is 16.0 Å². The zero-order valence-electron chi connectivity index (χ0n) is 15.1. The first kappa shape index (κ1) is 19.0. The van der Waals surface area contributed by atoms with Crippen molar-refractivity contribution in [3.8, 4) is 11.4 Å². The quantitative estimate of drug-likeness (QED) is 0.602. The van der Waals surface area contributed by atoms with Crippen molar-refractivity contribution in [1.29, 1.82) is 0 Å². The summed E-state index contributed by atoms with van der Waals surface area (Å²) in [6, 6.07) is 13.2. The van der Waals surface area contributed by atoms with Crippen LogP contribution in [-0.2, 0) is 17.6 Å². The van der Waals surface area contributed by atoms with Crippen LogP contribution < -0.4 is 5.32 Å². The number of amides is 1. The fourth-order valence-corrected chi connectivity index (χ4v) is 3.80. The number of carbonyl (C=O) groups is 1. The average molecular weight is 416 g/mol. The van der Waals surface area contributed by atoms with Crippen LogP contribution in [0.4, 0.5) is 0 Å². The molecule has 1 unspecified atom stereocenters. The molecule has 5 nitrogen and oxygen atoms in total. The Kier molecular flexibility index (Phi) is 5.64. The molecule has 4 rings (SSSR count). The predicted octanol–water partition coefficient (Wildman–Crippen LogP) is 5.17. The van der Waals surface area contributed by atoms with Crippen LogP contribution in [0.1, 0.15) is 42.3 Å². The van der Waals surface area contributed by atoms with Crippen molar-refractivity contribution in [2.24, 2.45) is 0 Å². The number of fused-ring (bicyclic) bond motifs is 1. The lowest BCUT2D eigenvalue weighted by molar-refractivity contribution is -0.121. The number of carbonyl (C=O) groups excluding carboxylic acids is 1. The highest BCUT2D eigenvalue weighted by Gasteiger charge is 2.23. The Balaban J connectivity index is 1.27. The fraction of sp³-hybridized carbons (Fsp3) is 0.286. The first-order valence-corrected chi connectivity index (χ1v) is 10.0. The van der Waals surface area contributed by atoms with E-state index in [9.17, 15) is 4.79 Å². The molecule has 0 saturated heterocycles. The Morgan fingerprint density at radius 3 is 2.75 bits per heavy atom. The summed E-state index contributed by atoms with van der Waals surface area (Å²) in [6.45, 7) is 0. The van der Waals surface area contributed by atoms with Crippen LogP contribution in [0.5, 0.6) is 0 Å². The third-order valence-electron chi connectivity index (χ3n) is 4.88. The molecular formula is C21H19Cl2N3O2. The van der Waals surface area contributed by atoms with Crippen LogP contribution >= 0.6 is 23.2 Å². The molecule has 144 valence electrons. The summed E-state index contributed by atoms with van der Waals surface area (Å²) >= 11 is 11.9. The molecule has 1 atom stereocenters. The van der Waals surface area contributed by atoms with Crippen molar-refractivity contribution in [2.45, 2.75) is 38.1 Å². The molecule has 2 aromatic carbocycles. The smallest absolute Gasteiger partial charge is 0.226 e. The summed E-state index contributed by atoms with van der Waals surface area (Å²) < 4.78 is 5.28. The minimum Gasteiger partial charge on any atom is -0.349 e. The normalized spacial score (nSPS) is 15.4. The number of rotatable bonds is 6. The number of benzene rings is 2. The van der Waals surface area contributed by atoms with Crippen molar-refractivity contribution in [3.05, 3.63) is 69.5 Å². The molecule has 1 aromatic heterocycles. The number of hydrogen-bond donors (Lipinski definition) is 1. The van der Waals surface area contributed by atoms with Gasteiger partial charge in [-0.3, -0.25) is 4.79 Å². The van der Waals surface area contributed by atoms with Gasteiger partial charge in [0.05, 0.1) is 6.04 Å². The predicted molar refractivity (Wildman–Crippen MR) is 108 cm³/mol. The van der Waals surface area contributed by atoms with E-state index in [-0.39, 0.29) is 11.9 Å². The van der Waals surface area contributed by atoms with Crippen molar-refractivity contribution in [2.75, 3.05) is 0 Å². The standard InChI is InChI=1S/C21H19Cl2N3O2/c22-15-7-4-13(5-8-15)21-25-20(28-26-21)3-1-2-19(27)24-18-11-6-14-12-16(23)9-10-17(14)18/h4-5,7-10,12,18H,1-3,6,11H2,(H,24,27). The highest BCUT2D eigenvalue weighted by molar-refractivity contribution is 6.30. The summed E-state index contributed by atoms with van der Waals surface area (Å²) in [5, 5.41) is 8.50. The lowest BCUT2D eigenvalue weighted by atomic mass is 10.1. The molecule has 1 aliphatic rings. The topological polar surface area (TPSA) is 68.0 Å². The second-order valence-electron chi connectivity index (χ2n) is 6.87. The average Bonchev–Trinajstić information content (AvgIpc) is 3.30. The highest BCUT2D eigenvalue weighted by atomic mass is 35.5. The first-order chi connectivity index (χ1) is 13.6. The fourth-order valence-electron chi connectivity index (χ4n) is 3.48. The molecule has 28 heavy (non-hydrogen) atoms.